The molecule has 1 N–H and O–H groups in total. The molecule has 0 saturated heterocycles. The molecule has 0 bridgehead atoms. The van der Waals surface area contributed by atoms with Crippen LogP contribution in [0.25, 0.3) is 5.65 Å². The lowest BCUT2D eigenvalue weighted by atomic mass is 10.2. The van der Waals surface area contributed by atoms with E-state index in [2.05, 4.69) is 10.3 Å². The third kappa shape index (κ3) is 4.19. The Morgan fingerprint density at radius 2 is 2.00 bits per heavy atom. The van der Waals surface area contributed by atoms with Crippen molar-refractivity contribution in [3.63, 3.8) is 0 Å². The number of rotatable bonds is 6. The van der Waals surface area contributed by atoms with Crippen LogP contribution < -0.4 is 5.32 Å². The van der Waals surface area contributed by atoms with Gasteiger partial charge in [-0.3, -0.25) is 4.79 Å². The first-order valence-electron chi connectivity index (χ1n) is 8.68. The SMILES string of the molecule is CC(C)N(C)S(=O)(=O)c1cccc(C(=O)NCc2cn3cc(Cl)ccc3n2)c1. The molecule has 0 atom stereocenters. The van der Waals surface area contributed by atoms with Crippen molar-refractivity contribution in [1.29, 1.82) is 0 Å². The van der Waals surface area contributed by atoms with Crippen molar-refractivity contribution in [2.24, 2.45) is 0 Å². The average Bonchev–Trinajstić information content (AvgIpc) is 3.07. The van der Waals surface area contributed by atoms with Crippen LogP contribution in [0.1, 0.15) is 29.9 Å². The highest BCUT2D eigenvalue weighted by atomic mass is 35.5. The first-order valence-corrected chi connectivity index (χ1v) is 10.5. The molecule has 9 heteroatoms. The van der Waals surface area contributed by atoms with Crippen molar-refractivity contribution < 1.29 is 13.2 Å². The summed E-state index contributed by atoms with van der Waals surface area (Å²) in [5.74, 6) is -0.376. The van der Waals surface area contributed by atoms with Crippen LogP contribution in [0.2, 0.25) is 5.02 Å². The van der Waals surface area contributed by atoms with Crippen LogP contribution in [0.15, 0.2) is 53.7 Å². The molecule has 0 fully saturated rings. The quantitative estimate of drug-likeness (QED) is 0.664. The van der Waals surface area contributed by atoms with Gasteiger partial charge in [-0.15, -0.1) is 0 Å². The van der Waals surface area contributed by atoms with Crippen LogP contribution in [-0.2, 0) is 16.6 Å². The number of fused-ring (bicyclic) bond motifs is 1. The van der Waals surface area contributed by atoms with Crippen LogP contribution in [-0.4, -0.2) is 41.1 Å². The molecular formula is C19H21ClN4O3S. The normalized spacial score (nSPS) is 12.1. The maximum absolute atomic E-state index is 12.6. The molecule has 2 aromatic heterocycles. The Kier molecular flexibility index (Phi) is 5.74. The molecule has 0 radical (unpaired) electrons. The topological polar surface area (TPSA) is 83.8 Å². The summed E-state index contributed by atoms with van der Waals surface area (Å²) < 4.78 is 28.3. The number of aromatic nitrogens is 2. The molecule has 3 rings (SSSR count). The molecule has 7 nitrogen and oxygen atoms in total. The minimum absolute atomic E-state index is 0.0822. The minimum atomic E-state index is -3.66. The molecular weight excluding hydrogens is 400 g/mol. The van der Waals surface area contributed by atoms with Gasteiger partial charge >= 0.3 is 0 Å². The fourth-order valence-corrected chi connectivity index (χ4v) is 4.20. The van der Waals surface area contributed by atoms with Gasteiger partial charge in [-0.1, -0.05) is 17.7 Å². The van der Waals surface area contributed by atoms with E-state index in [0.29, 0.717) is 10.7 Å². The Hall–Kier alpha value is -2.42. The van der Waals surface area contributed by atoms with Crippen molar-refractivity contribution in [3.8, 4) is 0 Å². The van der Waals surface area contributed by atoms with Crippen LogP contribution in [0, 0.1) is 0 Å². The predicted octanol–water partition coefficient (Wildman–Crippen LogP) is 2.95. The molecule has 0 unspecified atom stereocenters. The number of pyridine rings is 1. The van der Waals surface area contributed by atoms with Crippen LogP contribution in [0.4, 0.5) is 0 Å². The zero-order chi connectivity index (χ0) is 20.5. The number of nitrogens with zero attached hydrogens (tertiary/aromatic N) is 3. The first-order chi connectivity index (χ1) is 13.2. The number of hydrogen-bond acceptors (Lipinski definition) is 4. The number of halogens is 1. The number of carbonyl (C=O) groups excluding carboxylic acids is 1. The standard InChI is InChI=1S/C19H21ClN4O3S/c1-13(2)23(3)28(26,27)17-6-4-5-14(9-17)19(25)21-10-16-12-24-11-15(20)7-8-18(24)22-16/h4-9,11-13H,10H2,1-3H3,(H,21,25). The lowest BCUT2D eigenvalue weighted by Gasteiger charge is -2.21. The Morgan fingerprint density at radius 1 is 1.25 bits per heavy atom. The van der Waals surface area contributed by atoms with Gasteiger partial charge in [-0.25, -0.2) is 13.4 Å². The van der Waals surface area contributed by atoms with Crippen molar-refractivity contribution in [2.45, 2.75) is 31.3 Å². The lowest BCUT2D eigenvalue weighted by molar-refractivity contribution is 0.0950. The van der Waals surface area contributed by atoms with Gasteiger partial charge in [0.1, 0.15) is 5.65 Å². The van der Waals surface area contributed by atoms with Gasteiger partial charge in [0.25, 0.3) is 5.91 Å². The largest absolute Gasteiger partial charge is 0.346 e. The first kappa shape index (κ1) is 20.3. The summed E-state index contributed by atoms with van der Waals surface area (Å²) in [6, 6.07) is 9.34. The fraction of sp³-hybridized carbons (Fsp3) is 0.263. The number of nitrogens with one attached hydrogen (secondary N) is 1. The van der Waals surface area contributed by atoms with E-state index in [0.717, 1.165) is 5.65 Å². The second kappa shape index (κ2) is 7.90. The second-order valence-electron chi connectivity index (χ2n) is 6.67. The molecule has 0 aliphatic rings. The van der Waals surface area contributed by atoms with Gasteiger partial charge in [0, 0.05) is 31.0 Å². The van der Waals surface area contributed by atoms with Crippen molar-refractivity contribution in [3.05, 3.63) is 65.1 Å². The number of benzene rings is 1. The van der Waals surface area contributed by atoms with E-state index in [9.17, 15) is 13.2 Å². The van der Waals surface area contributed by atoms with Gasteiger partial charge < -0.3 is 9.72 Å². The van der Waals surface area contributed by atoms with E-state index in [1.54, 1.807) is 54.9 Å². The summed E-state index contributed by atoms with van der Waals surface area (Å²) in [5, 5.41) is 3.35. The molecule has 1 amide bonds. The Balaban J connectivity index is 1.75. The fourth-order valence-electron chi connectivity index (χ4n) is 2.62. The highest BCUT2D eigenvalue weighted by molar-refractivity contribution is 7.89. The molecule has 0 spiro atoms. The molecule has 148 valence electrons. The summed E-state index contributed by atoms with van der Waals surface area (Å²) >= 11 is 5.96. The molecule has 2 heterocycles. The number of imidazole rings is 1. The number of amides is 1. The van der Waals surface area contributed by atoms with Crippen LogP contribution in [0.3, 0.4) is 0 Å². The predicted molar refractivity (Wildman–Crippen MR) is 108 cm³/mol. The lowest BCUT2D eigenvalue weighted by Crippen LogP contribution is -2.33. The summed E-state index contributed by atoms with van der Waals surface area (Å²) in [4.78, 5) is 17.0. The monoisotopic (exact) mass is 420 g/mol. The van der Waals surface area contributed by atoms with E-state index in [1.807, 2.05) is 0 Å². The van der Waals surface area contributed by atoms with Crippen molar-refractivity contribution in [1.82, 2.24) is 19.0 Å². The molecule has 0 aliphatic carbocycles. The van der Waals surface area contributed by atoms with E-state index >= 15 is 0 Å². The van der Waals surface area contributed by atoms with Crippen molar-refractivity contribution >= 4 is 33.2 Å². The third-order valence-corrected chi connectivity index (χ3v) is 6.65. The number of carbonyl (C=O) groups is 1. The molecule has 1 aromatic carbocycles. The molecule has 28 heavy (non-hydrogen) atoms. The smallest absolute Gasteiger partial charge is 0.251 e. The van der Waals surface area contributed by atoms with Gasteiger partial charge in [0.15, 0.2) is 0 Å². The maximum Gasteiger partial charge on any atom is 0.251 e. The number of hydrogen-bond donors (Lipinski definition) is 1. The zero-order valence-electron chi connectivity index (χ0n) is 15.8. The second-order valence-corrected chi connectivity index (χ2v) is 9.10. The van der Waals surface area contributed by atoms with Crippen molar-refractivity contribution in [2.75, 3.05) is 7.05 Å². The Bertz CT molecular complexity index is 1130. The summed E-state index contributed by atoms with van der Waals surface area (Å²) in [5.41, 5.74) is 1.66. The summed E-state index contributed by atoms with van der Waals surface area (Å²) in [6.45, 7) is 3.79. The summed E-state index contributed by atoms with van der Waals surface area (Å²) in [6.07, 6.45) is 3.51. The Labute approximate surface area is 169 Å². The minimum Gasteiger partial charge on any atom is -0.346 e. The Morgan fingerprint density at radius 3 is 2.71 bits per heavy atom. The molecule has 3 aromatic rings. The highest BCUT2D eigenvalue weighted by Gasteiger charge is 2.23. The number of sulfonamides is 1. The van der Waals surface area contributed by atoms with Gasteiger partial charge in [-0.2, -0.15) is 4.31 Å². The van der Waals surface area contributed by atoms with Gasteiger partial charge in [0.2, 0.25) is 10.0 Å². The summed E-state index contributed by atoms with van der Waals surface area (Å²) in [7, 11) is -2.14. The van der Waals surface area contributed by atoms with E-state index in [1.165, 1.54) is 23.5 Å². The zero-order valence-corrected chi connectivity index (χ0v) is 17.3. The van der Waals surface area contributed by atoms with Crippen LogP contribution in [0.5, 0.6) is 0 Å². The van der Waals surface area contributed by atoms with Gasteiger partial charge in [0.05, 0.1) is 22.2 Å². The average molecular weight is 421 g/mol. The molecule has 0 aliphatic heterocycles. The molecule has 0 saturated carbocycles. The highest BCUT2D eigenvalue weighted by Crippen LogP contribution is 2.18. The third-order valence-electron chi connectivity index (χ3n) is 4.40. The maximum atomic E-state index is 12.6. The van der Waals surface area contributed by atoms with E-state index in [-0.39, 0.29) is 29.0 Å². The van der Waals surface area contributed by atoms with Crippen LogP contribution >= 0.6 is 11.6 Å². The van der Waals surface area contributed by atoms with E-state index in [4.69, 9.17) is 11.6 Å². The van der Waals surface area contributed by atoms with E-state index < -0.39 is 10.0 Å². The van der Waals surface area contributed by atoms with Gasteiger partial charge in [-0.05, 0) is 44.2 Å².